The van der Waals surface area contributed by atoms with Gasteiger partial charge in [-0.2, -0.15) is 0 Å². The molecule has 4 N–H and O–H groups in total. The van der Waals surface area contributed by atoms with Crippen LogP contribution in [0.15, 0.2) is 35.5 Å². The molecule has 0 amide bonds. The van der Waals surface area contributed by atoms with E-state index in [2.05, 4.69) is 14.7 Å². The highest BCUT2D eigenvalue weighted by molar-refractivity contribution is 7.89. The zero-order chi connectivity index (χ0) is 15.5. The standard InChI is InChI=1S/C13H17FN4O2S/c1-2-11(13-16-5-6-17-13)18-21(19,20)12-4-3-9(8-15)7-10(12)14/h3-7,11,18H,2,8,15H2,1H3,(H,16,17). The Hall–Kier alpha value is -1.77. The van der Waals surface area contributed by atoms with Crippen molar-refractivity contribution in [1.82, 2.24) is 14.7 Å². The van der Waals surface area contributed by atoms with Gasteiger partial charge in [0.15, 0.2) is 0 Å². The third-order valence-corrected chi connectivity index (χ3v) is 4.58. The van der Waals surface area contributed by atoms with Crippen LogP contribution in [0.1, 0.15) is 30.8 Å². The topological polar surface area (TPSA) is 101 Å². The number of hydrogen-bond acceptors (Lipinski definition) is 4. The van der Waals surface area contributed by atoms with E-state index in [1.165, 1.54) is 18.3 Å². The van der Waals surface area contributed by atoms with E-state index in [0.29, 0.717) is 17.8 Å². The number of sulfonamides is 1. The molecule has 2 rings (SSSR count). The Morgan fingerprint density at radius 3 is 2.76 bits per heavy atom. The van der Waals surface area contributed by atoms with E-state index in [4.69, 9.17) is 5.73 Å². The molecule has 1 aromatic heterocycles. The van der Waals surface area contributed by atoms with E-state index in [-0.39, 0.29) is 6.54 Å². The van der Waals surface area contributed by atoms with Gasteiger partial charge in [-0.1, -0.05) is 13.0 Å². The van der Waals surface area contributed by atoms with Crippen molar-refractivity contribution in [3.63, 3.8) is 0 Å². The van der Waals surface area contributed by atoms with E-state index in [1.54, 1.807) is 6.20 Å². The molecule has 8 heteroatoms. The SMILES string of the molecule is CCC(NS(=O)(=O)c1ccc(CN)cc1F)c1ncc[nH]1. The van der Waals surface area contributed by atoms with Crippen molar-refractivity contribution in [2.75, 3.05) is 0 Å². The first-order valence-electron chi connectivity index (χ1n) is 6.48. The minimum atomic E-state index is -3.98. The number of halogens is 1. The first-order valence-corrected chi connectivity index (χ1v) is 7.96. The summed E-state index contributed by atoms with van der Waals surface area (Å²) in [7, 11) is -3.98. The molecule has 0 saturated heterocycles. The van der Waals surface area contributed by atoms with Crippen LogP contribution in [0.4, 0.5) is 4.39 Å². The van der Waals surface area contributed by atoms with Gasteiger partial charge in [-0.25, -0.2) is 22.5 Å². The largest absolute Gasteiger partial charge is 0.347 e. The number of nitrogens with one attached hydrogen (secondary N) is 2. The average Bonchev–Trinajstić information content (AvgIpc) is 2.98. The maximum Gasteiger partial charge on any atom is 0.244 e. The molecule has 114 valence electrons. The summed E-state index contributed by atoms with van der Waals surface area (Å²) in [4.78, 5) is 6.47. The first kappa shape index (κ1) is 15.6. The second-order valence-corrected chi connectivity index (χ2v) is 6.21. The minimum absolute atomic E-state index is 0.147. The Morgan fingerprint density at radius 1 is 1.48 bits per heavy atom. The lowest BCUT2D eigenvalue weighted by Crippen LogP contribution is -2.29. The number of nitrogens with zero attached hydrogens (tertiary/aromatic N) is 1. The Kier molecular flexibility index (Phi) is 4.71. The molecular weight excluding hydrogens is 295 g/mol. The number of nitrogens with two attached hydrogens (primary N) is 1. The van der Waals surface area contributed by atoms with Gasteiger partial charge >= 0.3 is 0 Å². The Bertz CT molecular complexity index is 701. The number of aromatic amines is 1. The van der Waals surface area contributed by atoms with Crippen molar-refractivity contribution in [2.45, 2.75) is 30.8 Å². The monoisotopic (exact) mass is 312 g/mol. The van der Waals surface area contributed by atoms with Gasteiger partial charge in [0.05, 0.1) is 6.04 Å². The Morgan fingerprint density at radius 2 is 2.24 bits per heavy atom. The molecule has 0 fully saturated rings. The molecule has 1 unspecified atom stereocenters. The molecule has 0 aliphatic rings. The van der Waals surface area contributed by atoms with Crippen LogP contribution in [0.3, 0.4) is 0 Å². The number of aromatic nitrogens is 2. The summed E-state index contributed by atoms with van der Waals surface area (Å²) < 4.78 is 41.0. The lowest BCUT2D eigenvalue weighted by molar-refractivity contribution is 0.527. The van der Waals surface area contributed by atoms with Crippen LogP contribution in [0, 0.1) is 5.82 Å². The molecule has 0 saturated carbocycles. The third-order valence-electron chi connectivity index (χ3n) is 3.08. The predicted molar refractivity (Wildman–Crippen MR) is 76.2 cm³/mol. The van der Waals surface area contributed by atoms with Gasteiger partial charge in [-0.3, -0.25) is 0 Å². The number of H-pyrrole nitrogens is 1. The maximum atomic E-state index is 13.9. The van der Waals surface area contributed by atoms with Gasteiger partial charge in [-0.15, -0.1) is 0 Å². The molecule has 0 aliphatic heterocycles. The number of rotatable bonds is 6. The van der Waals surface area contributed by atoms with Crippen LogP contribution in [-0.2, 0) is 16.6 Å². The van der Waals surface area contributed by atoms with E-state index >= 15 is 0 Å². The van der Waals surface area contributed by atoms with E-state index < -0.39 is 26.8 Å². The fourth-order valence-corrected chi connectivity index (χ4v) is 3.28. The van der Waals surface area contributed by atoms with E-state index in [9.17, 15) is 12.8 Å². The summed E-state index contributed by atoms with van der Waals surface area (Å²) in [5.74, 6) is -0.334. The summed E-state index contributed by atoms with van der Waals surface area (Å²) >= 11 is 0. The fourth-order valence-electron chi connectivity index (χ4n) is 1.94. The molecule has 0 aliphatic carbocycles. The van der Waals surface area contributed by atoms with Crippen LogP contribution < -0.4 is 10.5 Å². The van der Waals surface area contributed by atoms with E-state index in [1.807, 2.05) is 6.92 Å². The van der Waals surface area contributed by atoms with Gasteiger partial charge in [0.1, 0.15) is 16.5 Å². The third kappa shape index (κ3) is 3.46. The van der Waals surface area contributed by atoms with Crippen LogP contribution >= 0.6 is 0 Å². The second-order valence-electron chi connectivity index (χ2n) is 4.53. The molecule has 0 bridgehead atoms. The minimum Gasteiger partial charge on any atom is -0.347 e. The normalized spacial score (nSPS) is 13.3. The molecule has 1 heterocycles. The van der Waals surface area contributed by atoms with Gasteiger partial charge in [0, 0.05) is 18.9 Å². The zero-order valence-corrected chi connectivity index (χ0v) is 12.3. The number of benzene rings is 1. The van der Waals surface area contributed by atoms with Gasteiger partial charge in [-0.05, 0) is 24.1 Å². The molecule has 6 nitrogen and oxygen atoms in total. The zero-order valence-electron chi connectivity index (χ0n) is 11.5. The maximum absolute atomic E-state index is 13.9. The molecule has 21 heavy (non-hydrogen) atoms. The molecule has 2 aromatic rings. The molecule has 0 radical (unpaired) electrons. The number of imidazole rings is 1. The van der Waals surface area contributed by atoms with E-state index in [0.717, 1.165) is 6.07 Å². The summed E-state index contributed by atoms with van der Waals surface area (Å²) in [5, 5.41) is 0. The van der Waals surface area contributed by atoms with Crippen LogP contribution in [0.2, 0.25) is 0 Å². The first-order chi connectivity index (χ1) is 9.97. The van der Waals surface area contributed by atoms with Gasteiger partial charge < -0.3 is 10.7 Å². The van der Waals surface area contributed by atoms with Crippen molar-refractivity contribution >= 4 is 10.0 Å². The molecule has 1 aromatic carbocycles. The van der Waals surface area contributed by atoms with Crippen molar-refractivity contribution in [1.29, 1.82) is 0 Å². The molecule has 1 atom stereocenters. The summed E-state index contributed by atoms with van der Waals surface area (Å²) in [6, 6.07) is 3.29. The fraction of sp³-hybridized carbons (Fsp3) is 0.308. The number of hydrogen-bond donors (Lipinski definition) is 3. The molecular formula is C13H17FN4O2S. The highest BCUT2D eigenvalue weighted by Crippen LogP contribution is 2.20. The average molecular weight is 312 g/mol. The second kappa shape index (κ2) is 6.33. The predicted octanol–water partition coefficient (Wildman–Crippen LogP) is 1.44. The van der Waals surface area contributed by atoms with Crippen molar-refractivity contribution in [3.05, 3.63) is 47.8 Å². The van der Waals surface area contributed by atoms with Crippen molar-refractivity contribution in [2.24, 2.45) is 5.73 Å². The van der Waals surface area contributed by atoms with Crippen LogP contribution in [0.5, 0.6) is 0 Å². The van der Waals surface area contributed by atoms with Crippen LogP contribution in [-0.4, -0.2) is 18.4 Å². The molecule has 0 spiro atoms. The smallest absolute Gasteiger partial charge is 0.244 e. The highest BCUT2D eigenvalue weighted by Gasteiger charge is 2.24. The van der Waals surface area contributed by atoms with Crippen molar-refractivity contribution < 1.29 is 12.8 Å². The Balaban J connectivity index is 2.29. The summed E-state index contributed by atoms with van der Waals surface area (Å²) in [6.45, 7) is 1.96. The van der Waals surface area contributed by atoms with Crippen molar-refractivity contribution in [3.8, 4) is 0 Å². The lowest BCUT2D eigenvalue weighted by atomic mass is 10.2. The highest BCUT2D eigenvalue weighted by atomic mass is 32.2. The lowest BCUT2D eigenvalue weighted by Gasteiger charge is -2.15. The quantitative estimate of drug-likeness (QED) is 0.751. The van der Waals surface area contributed by atoms with Crippen LogP contribution in [0.25, 0.3) is 0 Å². The Labute approximate surface area is 122 Å². The van der Waals surface area contributed by atoms with Gasteiger partial charge in [0.2, 0.25) is 10.0 Å². The van der Waals surface area contributed by atoms with Gasteiger partial charge in [0.25, 0.3) is 0 Å². The summed E-state index contributed by atoms with van der Waals surface area (Å²) in [6.07, 6.45) is 3.61. The summed E-state index contributed by atoms with van der Waals surface area (Å²) in [5.41, 5.74) is 5.93.